The van der Waals surface area contributed by atoms with Gasteiger partial charge in [-0.05, 0) is 57.4 Å². The van der Waals surface area contributed by atoms with Crippen LogP contribution in [0, 0.1) is 11.8 Å². The van der Waals surface area contributed by atoms with E-state index in [-0.39, 0.29) is 12.1 Å². The Morgan fingerprint density at radius 2 is 1.29 bits per heavy atom. The Morgan fingerprint density at radius 3 is 1.94 bits per heavy atom. The molecule has 3 heterocycles. The van der Waals surface area contributed by atoms with E-state index in [9.17, 15) is 9.59 Å². The van der Waals surface area contributed by atoms with Gasteiger partial charge >= 0.3 is 12.1 Å². The van der Waals surface area contributed by atoms with E-state index in [1.807, 2.05) is 0 Å². The van der Waals surface area contributed by atoms with E-state index in [4.69, 9.17) is 0 Å². The molecule has 0 bridgehead atoms. The fourth-order valence-corrected chi connectivity index (χ4v) is 7.11. The van der Waals surface area contributed by atoms with Crippen LogP contribution < -0.4 is 0 Å². The quantitative estimate of drug-likeness (QED) is 0.676. The van der Waals surface area contributed by atoms with Gasteiger partial charge in [0.2, 0.25) is 5.91 Å². The topological polar surface area (TPSA) is 50.3 Å². The Balaban J connectivity index is 1.49. The fraction of sp³-hybridized carbons (Fsp3) is 0.917. The second-order valence-corrected chi connectivity index (χ2v) is 10.7. The highest BCUT2D eigenvalue weighted by molar-refractivity contribution is 5.97. The molecule has 31 heavy (non-hydrogen) atoms. The molecule has 2 aliphatic carbocycles. The van der Waals surface area contributed by atoms with Crippen LogP contribution in [0.5, 0.6) is 0 Å². The van der Waals surface area contributed by atoms with Gasteiger partial charge in [0.05, 0.1) is 0 Å². The zero-order chi connectivity index (χ0) is 21.4. The molecule has 0 aromatic rings. The summed E-state index contributed by atoms with van der Waals surface area (Å²) in [6, 6.07) is -0.0769. The number of carbonyl (C=O) groups is 2. The highest BCUT2D eigenvalue weighted by Crippen LogP contribution is 2.42. The lowest BCUT2D eigenvalue weighted by Crippen LogP contribution is -2.87. The third kappa shape index (κ3) is 3.65. The van der Waals surface area contributed by atoms with E-state index in [1.165, 1.54) is 51.4 Å². The summed E-state index contributed by atoms with van der Waals surface area (Å²) in [6.45, 7) is 4.99. The Labute approximate surface area is 187 Å². The first-order valence-corrected chi connectivity index (χ1v) is 13.0. The normalized spacial score (nSPS) is 32.4. The smallest absolute Gasteiger partial charge is 0.275 e. The Kier molecular flexibility index (Phi) is 6.17. The number of amides is 4. The largest absolute Gasteiger partial charge is 0.332 e. The molecule has 1 atom stereocenters. The summed E-state index contributed by atoms with van der Waals surface area (Å²) in [4.78, 5) is 38.5. The molecule has 7 nitrogen and oxygen atoms in total. The Hall–Kier alpha value is -1.34. The van der Waals surface area contributed by atoms with Gasteiger partial charge in [-0.15, -0.1) is 0 Å². The van der Waals surface area contributed by atoms with E-state index in [0.29, 0.717) is 18.4 Å². The van der Waals surface area contributed by atoms with Crippen LogP contribution in [-0.4, -0.2) is 88.8 Å². The molecule has 3 aliphatic heterocycles. The molecular formula is C24H41N5O2. The molecule has 4 amide bonds. The molecule has 5 fully saturated rings. The molecule has 3 saturated heterocycles. The summed E-state index contributed by atoms with van der Waals surface area (Å²) < 4.78 is 0. The third-order valence-corrected chi connectivity index (χ3v) is 8.65. The summed E-state index contributed by atoms with van der Waals surface area (Å²) in [7, 11) is 2.12. The van der Waals surface area contributed by atoms with Crippen LogP contribution in [-0.2, 0) is 0 Å². The van der Waals surface area contributed by atoms with Crippen molar-refractivity contribution in [1.82, 2.24) is 24.5 Å². The van der Waals surface area contributed by atoms with E-state index in [0.717, 1.165) is 58.4 Å². The molecular weight excluding hydrogens is 390 g/mol. The first-order chi connectivity index (χ1) is 15.1. The zero-order valence-electron chi connectivity index (χ0n) is 19.4. The summed E-state index contributed by atoms with van der Waals surface area (Å²) in [6.07, 6.45) is 14.4. The van der Waals surface area contributed by atoms with Gasteiger partial charge in [0.1, 0.15) is 0 Å². The van der Waals surface area contributed by atoms with Crippen molar-refractivity contribution < 1.29 is 9.59 Å². The van der Waals surface area contributed by atoms with Crippen LogP contribution >= 0.6 is 0 Å². The van der Waals surface area contributed by atoms with E-state index in [2.05, 4.69) is 26.6 Å². The van der Waals surface area contributed by atoms with Gasteiger partial charge in [-0.3, -0.25) is 14.7 Å². The van der Waals surface area contributed by atoms with Gasteiger partial charge in [0.25, 0.3) is 0 Å². The average Bonchev–Trinajstić information content (AvgIpc) is 2.81. The van der Waals surface area contributed by atoms with Crippen molar-refractivity contribution in [1.29, 1.82) is 0 Å². The lowest BCUT2D eigenvalue weighted by Gasteiger charge is -2.66. The number of nitrogens with zero attached hydrogens (tertiary/aromatic N) is 5. The van der Waals surface area contributed by atoms with Crippen LogP contribution in [0.25, 0.3) is 0 Å². The molecule has 7 heteroatoms. The predicted octanol–water partition coefficient (Wildman–Crippen LogP) is 3.96. The van der Waals surface area contributed by atoms with Crippen molar-refractivity contribution in [3.8, 4) is 0 Å². The van der Waals surface area contributed by atoms with Crippen LogP contribution in [0.3, 0.4) is 0 Å². The minimum atomic E-state index is -0.689. The molecule has 5 rings (SSSR count). The lowest BCUT2D eigenvalue weighted by atomic mass is 9.88. The molecule has 0 aromatic heterocycles. The fourth-order valence-electron chi connectivity index (χ4n) is 7.11. The van der Waals surface area contributed by atoms with Crippen molar-refractivity contribution >= 4 is 12.1 Å². The summed E-state index contributed by atoms with van der Waals surface area (Å²) >= 11 is 0. The Morgan fingerprint density at radius 1 is 0.710 bits per heavy atom. The predicted molar refractivity (Wildman–Crippen MR) is 120 cm³/mol. The zero-order valence-corrected chi connectivity index (χ0v) is 19.4. The maximum atomic E-state index is 14.1. The molecule has 0 radical (unpaired) electrons. The van der Waals surface area contributed by atoms with Crippen molar-refractivity contribution in [3.05, 3.63) is 0 Å². The van der Waals surface area contributed by atoms with Crippen molar-refractivity contribution in [2.75, 3.05) is 46.3 Å². The number of rotatable bonds is 4. The second-order valence-electron chi connectivity index (χ2n) is 10.7. The molecule has 174 valence electrons. The third-order valence-electron chi connectivity index (χ3n) is 8.65. The van der Waals surface area contributed by atoms with Crippen LogP contribution in [0.4, 0.5) is 9.59 Å². The summed E-state index contributed by atoms with van der Waals surface area (Å²) in [5.41, 5.74) is 0. The SMILES string of the molecule is CN1CCCN2CCCN3C(=O)N(CC4CCCCC4)C(=O)N(CC4CCCCC4)C123. The molecule has 5 aliphatic rings. The maximum Gasteiger partial charge on any atom is 0.332 e. The van der Waals surface area contributed by atoms with Crippen molar-refractivity contribution in [2.45, 2.75) is 83.0 Å². The van der Waals surface area contributed by atoms with Gasteiger partial charge in [-0.1, -0.05) is 38.5 Å². The Bertz CT molecular complexity index is 673. The molecule has 2 saturated carbocycles. The first-order valence-electron chi connectivity index (χ1n) is 13.0. The maximum absolute atomic E-state index is 14.1. The number of urea groups is 2. The highest BCUT2D eigenvalue weighted by Gasteiger charge is 2.62. The summed E-state index contributed by atoms with van der Waals surface area (Å²) in [5, 5.41) is 0. The van der Waals surface area contributed by atoms with Gasteiger partial charge < -0.3 is 0 Å². The van der Waals surface area contributed by atoms with Crippen LogP contribution in [0.1, 0.15) is 77.0 Å². The number of hydrogen-bond acceptors (Lipinski definition) is 4. The van der Waals surface area contributed by atoms with E-state index in [1.54, 1.807) is 4.90 Å². The number of hydrogen-bond donors (Lipinski definition) is 0. The molecule has 0 aromatic carbocycles. The highest BCUT2D eigenvalue weighted by atomic mass is 16.2. The van der Waals surface area contributed by atoms with E-state index < -0.39 is 5.91 Å². The van der Waals surface area contributed by atoms with Gasteiger partial charge in [0.15, 0.2) is 0 Å². The molecule has 1 spiro atoms. The molecule has 0 N–H and O–H groups in total. The van der Waals surface area contributed by atoms with Crippen molar-refractivity contribution in [2.24, 2.45) is 11.8 Å². The summed E-state index contributed by atoms with van der Waals surface area (Å²) in [5.74, 6) is 0.334. The minimum Gasteiger partial charge on any atom is -0.275 e. The minimum absolute atomic E-state index is 0.0296. The lowest BCUT2D eigenvalue weighted by molar-refractivity contribution is -0.265. The monoisotopic (exact) mass is 431 g/mol. The van der Waals surface area contributed by atoms with Crippen molar-refractivity contribution in [3.63, 3.8) is 0 Å². The van der Waals surface area contributed by atoms with Crippen LogP contribution in [0.2, 0.25) is 0 Å². The van der Waals surface area contributed by atoms with Gasteiger partial charge in [-0.25, -0.2) is 19.4 Å². The average molecular weight is 432 g/mol. The van der Waals surface area contributed by atoms with Gasteiger partial charge in [-0.2, -0.15) is 0 Å². The number of carbonyl (C=O) groups excluding carboxylic acids is 2. The first kappa shape index (κ1) is 21.5. The number of imide groups is 1. The molecule has 1 unspecified atom stereocenters. The standard InChI is InChI=1S/C24H41N5O2/c1-25-14-8-15-26-16-9-17-28-22(30)27(18-20-10-4-2-5-11-20)23(31)29(24(25,26)28)19-21-12-6-3-7-13-21/h20-21H,2-19H2,1H3. The van der Waals surface area contributed by atoms with Crippen LogP contribution in [0.15, 0.2) is 0 Å². The van der Waals surface area contributed by atoms with Gasteiger partial charge in [0, 0.05) is 39.3 Å². The van der Waals surface area contributed by atoms with E-state index >= 15 is 0 Å². The second kappa shape index (κ2) is 8.89.